The quantitative estimate of drug-likeness (QED) is 0.547. The van der Waals surface area contributed by atoms with Crippen molar-refractivity contribution in [1.82, 2.24) is 0 Å². The zero-order valence-electron chi connectivity index (χ0n) is 13.6. The van der Waals surface area contributed by atoms with Crippen LogP contribution in [0.3, 0.4) is 0 Å². The van der Waals surface area contributed by atoms with Gasteiger partial charge in [-0.2, -0.15) is 0 Å². The van der Waals surface area contributed by atoms with Gasteiger partial charge in [0.15, 0.2) is 18.2 Å². The predicted octanol–water partition coefficient (Wildman–Crippen LogP) is -0.402. The largest absolute Gasteiger partial charge is 0.469 e. The smallest absolute Gasteiger partial charge is 0.315 e. The molecule has 0 aromatic heterocycles. The number of aliphatic hydroxyl groups excluding tert-OH is 1. The number of carbonyl (C=O) groups excluding carboxylic acids is 2. The van der Waals surface area contributed by atoms with E-state index < -0.39 is 54.2 Å². The van der Waals surface area contributed by atoms with Crippen LogP contribution >= 0.6 is 0 Å². The van der Waals surface area contributed by atoms with E-state index >= 15 is 0 Å². The summed E-state index contributed by atoms with van der Waals surface area (Å²) in [6.45, 7) is 1.53. The molecule has 3 saturated heterocycles. The first-order valence-corrected chi connectivity index (χ1v) is 7.96. The lowest BCUT2D eigenvalue weighted by atomic mass is 9.74. The summed E-state index contributed by atoms with van der Waals surface area (Å²) in [5.41, 5.74) is -1.01. The van der Waals surface area contributed by atoms with Crippen molar-refractivity contribution >= 4 is 11.9 Å². The molecule has 4 aliphatic rings. The lowest BCUT2D eigenvalue weighted by molar-refractivity contribution is -0.295. The second kappa shape index (κ2) is 5.26. The van der Waals surface area contributed by atoms with Gasteiger partial charge in [-0.1, -0.05) is 6.08 Å². The van der Waals surface area contributed by atoms with Crippen LogP contribution < -0.4 is 0 Å². The second-order valence-electron chi connectivity index (χ2n) is 6.72. The SMILES string of the molecule is COC(=O)[C@@H]1[C@@H](OC)O[C@H]2O[C@H]3[C@H]([C@H](C)O)C(=O)O[C@]34C=C[C@H]1[C@H]24. The van der Waals surface area contributed by atoms with Crippen LogP contribution in [0.15, 0.2) is 12.2 Å². The maximum absolute atomic E-state index is 12.2. The van der Waals surface area contributed by atoms with Gasteiger partial charge in [-0.15, -0.1) is 0 Å². The van der Waals surface area contributed by atoms with Crippen molar-refractivity contribution in [3.63, 3.8) is 0 Å². The molecule has 0 aromatic rings. The summed E-state index contributed by atoms with van der Waals surface area (Å²) in [5.74, 6) is -3.09. The number of hydrogen-bond donors (Lipinski definition) is 1. The molecule has 0 amide bonds. The molecule has 0 aromatic carbocycles. The highest BCUT2D eigenvalue weighted by molar-refractivity contribution is 5.79. The molecule has 3 fully saturated rings. The molecule has 0 bridgehead atoms. The summed E-state index contributed by atoms with van der Waals surface area (Å²) in [5, 5.41) is 9.96. The number of rotatable bonds is 3. The molecule has 1 aliphatic carbocycles. The molecule has 4 rings (SSSR count). The van der Waals surface area contributed by atoms with Gasteiger partial charge in [-0.3, -0.25) is 9.59 Å². The predicted molar refractivity (Wildman–Crippen MR) is 76.2 cm³/mol. The number of carbonyl (C=O) groups is 2. The Balaban J connectivity index is 1.73. The molecule has 24 heavy (non-hydrogen) atoms. The zero-order valence-corrected chi connectivity index (χ0v) is 13.6. The van der Waals surface area contributed by atoms with E-state index in [1.165, 1.54) is 21.1 Å². The Labute approximate surface area is 138 Å². The summed E-state index contributed by atoms with van der Waals surface area (Å²) in [7, 11) is 2.76. The van der Waals surface area contributed by atoms with E-state index in [1.54, 1.807) is 6.08 Å². The van der Waals surface area contributed by atoms with Gasteiger partial charge < -0.3 is 28.8 Å². The van der Waals surface area contributed by atoms with E-state index in [-0.39, 0.29) is 11.8 Å². The number of hydrogen-bond acceptors (Lipinski definition) is 8. The van der Waals surface area contributed by atoms with Crippen molar-refractivity contribution in [2.75, 3.05) is 14.2 Å². The second-order valence-corrected chi connectivity index (χ2v) is 6.72. The maximum atomic E-state index is 12.2. The van der Waals surface area contributed by atoms with Crippen molar-refractivity contribution in [3.05, 3.63) is 12.2 Å². The van der Waals surface area contributed by atoms with Gasteiger partial charge in [0, 0.05) is 13.0 Å². The van der Waals surface area contributed by atoms with Gasteiger partial charge in [-0.25, -0.2) is 0 Å². The summed E-state index contributed by atoms with van der Waals surface area (Å²) in [6, 6.07) is 0. The van der Waals surface area contributed by atoms with Crippen LogP contribution in [0.4, 0.5) is 0 Å². The molecule has 8 nitrogen and oxygen atoms in total. The molecule has 3 heterocycles. The third kappa shape index (κ3) is 1.82. The molecule has 0 radical (unpaired) electrons. The van der Waals surface area contributed by atoms with Crippen LogP contribution in [0.2, 0.25) is 0 Å². The van der Waals surface area contributed by atoms with E-state index in [9.17, 15) is 14.7 Å². The molecule has 1 spiro atoms. The minimum atomic E-state index is -1.01. The molecule has 132 valence electrons. The molecule has 3 aliphatic heterocycles. The minimum Gasteiger partial charge on any atom is -0.469 e. The summed E-state index contributed by atoms with van der Waals surface area (Å²) >= 11 is 0. The Hall–Kier alpha value is -1.48. The third-order valence-electron chi connectivity index (χ3n) is 5.61. The average molecular weight is 340 g/mol. The number of aliphatic hydroxyl groups is 1. The van der Waals surface area contributed by atoms with Gasteiger partial charge in [0.25, 0.3) is 0 Å². The maximum Gasteiger partial charge on any atom is 0.315 e. The van der Waals surface area contributed by atoms with Crippen molar-refractivity contribution in [1.29, 1.82) is 0 Å². The van der Waals surface area contributed by atoms with Gasteiger partial charge in [0.05, 0.1) is 19.1 Å². The summed E-state index contributed by atoms with van der Waals surface area (Å²) < 4.78 is 27.6. The standard InChI is InChI=1S/C16H20O8/c1-6(17)8-11-16(24-13(8)19)5-4-7-9(12(18)20-2)14(21-3)23-15(22-11)10(7)16/h4-11,14-15,17H,1-3H3/t6-,7+,8-,9+,10+,11-,14-,15+,16-/m0/s1. The number of ether oxygens (including phenoxy) is 5. The molecule has 1 N–H and O–H groups in total. The van der Waals surface area contributed by atoms with Crippen LogP contribution in [-0.4, -0.2) is 61.7 Å². The van der Waals surface area contributed by atoms with Gasteiger partial charge in [0.2, 0.25) is 0 Å². The van der Waals surface area contributed by atoms with Crippen LogP contribution in [-0.2, 0) is 33.3 Å². The molecule has 0 saturated carbocycles. The Bertz CT molecular complexity index is 601. The highest BCUT2D eigenvalue weighted by Gasteiger charge is 2.74. The van der Waals surface area contributed by atoms with Crippen molar-refractivity contribution in [3.8, 4) is 0 Å². The zero-order chi connectivity index (χ0) is 17.2. The van der Waals surface area contributed by atoms with Gasteiger partial charge in [0.1, 0.15) is 17.9 Å². The van der Waals surface area contributed by atoms with Crippen molar-refractivity contribution in [2.45, 2.75) is 37.3 Å². The summed E-state index contributed by atoms with van der Waals surface area (Å²) in [4.78, 5) is 24.5. The average Bonchev–Trinajstić information content (AvgIpc) is 3.14. The molecular formula is C16H20O8. The first-order valence-electron chi connectivity index (χ1n) is 7.96. The van der Waals surface area contributed by atoms with Gasteiger partial charge in [-0.05, 0) is 13.0 Å². The number of allylic oxidation sites excluding steroid dienone is 1. The Morgan fingerprint density at radius 2 is 2.12 bits per heavy atom. The first kappa shape index (κ1) is 16.0. The fourth-order valence-electron chi connectivity index (χ4n) is 4.61. The lowest BCUT2D eigenvalue weighted by Gasteiger charge is -2.41. The topological polar surface area (TPSA) is 101 Å². The normalized spacial score (nSPS) is 49.5. The minimum absolute atomic E-state index is 0.299. The van der Waals surface area contributed by atoms with E-state index in [0.717, 1.165) is 0 Å². The van der Waals surface area contributed by atoms with Crippen LogP contribution in [0.25, 0.3) is 0 Å². The number of esters is 2. The number of methoxy groups -OCH3 is 2. The van der Waals surface area contributed by atoms with Crippen LogP contribution in [0.5, 0.6) is 0 Å². The monoisotopic (exact) mass is 340 g/mol. The van der Waals surface area contributed by atoms with E-state index in [2.05, 4.69) is 0 Å². The molecule has 8 heteroatoms. The third-order valence-corrected chi connectivity index (χ3v) is 5.61. The Morgan fingerprint density at radius 1 is 1.38 bits per heavy atom. The Kier molecular flexibility index (Phi) is 3.51. The van der Waals surface area contributed by atoms with E-state index in [0.29, 0.717) is 0 Å². The summed E-state index contributed by atoms with van der Waals surface area (Å²) in [6.07, 6.45) is 0.545. The van der Waals surface area contributed by atoms with Gasteiger partial charge >= 0.3 is 11.9 Å². The van der Waals surface area contributed by atoms with Crippen LogP contribution in [0, 0.1) is 23.7 Å². The highest BCUT2D eigenvalue weighted by atomic mass is 16.8. The van der Waals surface area contributed by atoms with Crippen LogP contribution in [0.1, 0.15) is 6.92 Å². The fraction of sp³-hybridized carbons (Fsp3) is 0.750. The first-order chi connectivity index (χ1) is 11.4. The fourth-order valence-corrected chi connectivity index (χ4v) is 4.61. The molecular weight excluding hydrogens is 320 g/mol. The van der Waals surface area contributed by atoms with E-state index in [1.807, 2.05) is 6.08 Å². The van der Waals surface area contributed by atoms with Crippen molar-refractivity contribution < 1.29 is 38.4 Å². The molecule has 0 unspecified atom stereocenters. The highest BCUT2D eigenvalue weighted by Crippen LogP contribution is 2.59. The van der Waals surface area contributed by atoms with Crippen molar-refractivity contribution in [2.24, 2.45) is 23.7 Å². The van der Waals surface area contributed by atoms with E-state index in [4.69, 9.17) is 23.7 Å². The molecule has 9 atom stereocenters. The lowest BCUT2D eigenvalue weighted by Crippen LogP contribution is -2.53. The Morgan fingerprint density at radius 3 is 2.75 bits per heavy atom.